The minimum atomic E-state index is -0.754. The molecule has 0 aromatic rings. The number of nitrogens with zero attached hydrogens (tertiary/aromatic N) is 2. The molecule has 2 amide bonds. The van der Waals surface area contributed by atoms with Gasteiger partial charge in [-0.25, -0.2) is 4.79 Å². The van der Waals surface area contributed by atoms with E-state index < -0.39 is 5.97 Å². The van der Waals surface area contributed by atoms with Crippen molar-refractivity contribution in [1.29, 1.82) is 0 Å². The second kappa shape index (κ2) is 9.60. The Morgan fingerprint density at radius 2 is 2.10 bits per heavy atom. The molecule has 1 heterocycles. The van der Waals surface area contributed by atoms with Gasteiger partial charge < -0.3 is 15.3 Å². The molecule has 0 saturated carbocycles. The number of carbonyl (C=O) groups is 2. The molecule has 0 bridgehead atoms. The molecule has 0 spiro atoms. The van der Waals surface area contributed by atoms with E-state index in [1.165, 1.54) is 12.8 Å². The monoisotopic (exact) mass is 299 g/mol. The van der Waals surface area contributed by atoms with Crippen molar-refractivity contribution < 1.29 is 14.7 Å². The molecule has 1 aliphatic rings. The topological polar surface area (TPSA) is 72.9 Å². The SMILES string of the molecule is CCN1CCCC1CN(C)C(=O)NCCCCCC(=O)O. The molecule has 6 heteroatoms. The summed E-state index contributed by atoms with van der Waals surface area (Å²) in [6, 6.07) is 0.456. The predicted molar refractivity (Wildman–Crippen MR) is 82.4 cm³/mol. The smallest absolute Gasteiger partial charge is 0.317 e. The van der Waals surface area contributed by atoms with Crippen LogP contribution in [0.15, 0.2) is 0 Å². The molecule has 1 fully saturated rings. The zero-order valence-electron chi connectivity index (χ0n) is 13.3. The van der Waals surface area contributed by atoms with Crippen LogP contribution in [0.4, 0.5) is 4.79 Å². The van der Waals surface area contributed by atoms with Gasteiger partial charge in [-0.05, 0) is 38.8 Å². The number of likely N-dealkylation sites (N-methyl/N-ethyl adjacent to an activating group) is 2. The third kappa shape index (κ3) is 6.80. The summed E-state index contributed by atoms with van der Waals surface area (Å²) in [5, 5.41) is 11.4. The van der Waals surface area contributed by atoms with Gasteiger partial charge in [-0.3, -0.25) is 9.69 Å². The fourth-order valence-corrected chi connectivity index (χ4v) is 2.83. The van der Waals surface area contributed by atoms with Crippen LogP contribution in [-0.4, -0.2) is 66.2 Å². The first-order chi connectivity index (χ1) is 10.0. The Hall–Kier alpha value is -1.30. The lowest BCUT2D eigenvalue weighted by Crippen LogP contribution is -2.45. The molecule has 1 rings (SSSR count). The number of unbranched alkanes of at least 4 members (excludes halogenated alkanes) is 2. The van der Waals surface area contributed by atoms with Gasteiger partial charge in [0.25, 0.3) is 0 Å². The van der Waals surface area contributed by atoms with Crippen molar-refractivity contribution in [3.8, 4) is 0 Å². The Morgan fingerprint density at radius 3 is 2.76 bits per heavy atom. The highest BCUT2D eigenvalue weighted by atomic mass is 16.4. The van der Waals surface area contributed by atoms with Gasteiger partial charge in [0.1, 0.15) is 0 Å². The van der Waals surface area contributed by atoms with Crippen LogP contribution in [-0.2, 0) is 4.79 Å². The highest BCUT2D eigenvalue weighted by Crippen LogP contribution is 2.17. The van der Waals surface area contributed by atoms with Gasteiger partial charge in [-0.15, -0.1) is 0 Å². The van der Waals surface area contributed by atoms with E-state index in [4.69, 9.17) is 5.11 Å². The second-order valence-corrected chi connectivity index (χ2v) is 5.74. The lowest BCUT2D eigenvalue weighted by atomic mass is 10.2. The quantitative estimate of drug-likeness (QED) is 0.636. The molecule has 1 aliphatic heterocycles. The van der Waals surface area contributed by atoms with E-state index in [9.17, 15) is 9.59 Å². The van der Waals surface area contributed by atoms with Crippen LogP contribution in [0.2, 0.25) is 0 Å². The Balaban J connectivity index is 2.12. The maximum atomic E-state index is 12.0. The molecule has 0 aromatic heterocycles. The molecular weight excluding hydrogens is 270 g/mol. The number of carboxylic acid groups (broad SMARTS) is 1. The van der Waals surface area contributed by atoms with E-state index in [1.54, 1.807) is 4.90 Å². The van der Waals surface area contributed by atoms with Gasteiger partial charge in [-0.1, -0.05) is 13.3 Å². The molecule has 0 radical (unpaired) electrons. The molecule has 1 atom stereocenters. The summed E-state index contributed by atoms with van der Waals surface area (Å²) in [6.07, 6.45) is 4.94. The largest absolute Gasteiger partial charge is 0.481 e. The normalized spacial score (nSPS) is 18.7. The van der Waals surface area contributed by atoms with Gasteiger partial charge in [0, 0.05) is 32.6 Å². The van der Waals surface area contributed by atoms with Crippen LogP contribution >= 0.6 is 0 Å². The molecule has 6 nitrogen and oxygen atoms in total. The van der Waals surface area contributed by atoms with Crippen LogP contribution in [0.5, 0.6) is 0 Å². The van der Waals surface area contributed by atoms with Gasteiger partial charge in [-0.2, -0.15) is 0 Å². The summed E-state index contributed by atoms with van der Waals surface area (Å²) in [7, 11) is 1.84. The van der Waals surface area contributed by atoms with Crippen LogP contribution < -0.4 is 5.32 Å². The summed E-state index contributed by atoms with van der Waals surface area (Å²) in [6.45, 7) is 5.74. The second-order valence-electron chi connectivity index (χ2n) is 5.74. The maximum Gasteiger partial charge on any atom is 0.317 e. The molecule has 21 heavy (non-hydrogen) atoms. The minimum absolute atomic E-state index is 0.0313. The summed E-state index contributed by atoms with van der Waals surface area (Å²) in [5.74, 6) is -0.754. The van der Waals surface area contributed by atoms with E-state index >= 15 is 0 Å². The molecule has 1 saturated heterocycles. The highest BCUT2D eigenvalue weighted by Gasteiger charge is 2.25. The highest BCUT2D eigenvalue weighted by molar-refractivity contribution is 5.73. The first kappa shape index (κ1) is 17.8. The van der Waals surface area contributed by atoms with Crippen molar-refractivity contribution in [2.75, 3.05) is 33.2 Å². The van der Waals surface area contributed by atoms with E-state index in [-0.39, 0.29) is 12.5 Å². The molecule has 0 aromatic carbocycles. The van der Waals surface area contributed by atoms with Crippen molar-refractivity contribution in [1.82, 2.24) is 15.1 Å². The van der Waals surface area contributed by atoms with Crippen LogP contribution in [0.1, 0.15) is 45.4 Å². The summed E-state index contributed by atoms with van der Waals surface area (Å²) in [4.78, 5) is 26.5. The Bertz CT molecular complexity index is 336. The Kier molecular flexibility index (Phi) is 8.12. The van der Waals surface area contributed by atoms with Gasteiger partial charge in [0.2, 0.25) is 0 Å². The summed E-state index contributed by atoms with van der Waals surface area (Å²) >= 11 is 0. The van der Waals surface area contributed by atoms with E-state index in [0.29, 0.717) is 19.0 Å². The van der Waals surface area contributed by atoms with Crippen molar-refractivity contribution in [2.24, 2.45) is 0 Å². The fraction of sp³-hybridized carbons (Fsp3) is 0.867. The lowest BCUT2D eigenvalue weighted by molar-refractivity contribution is -0.137. The molecule has 0 aliphatic carbocycles. The summed E-state index contributed by atoms with van der Waals surface area (Å²) < 4.78 is 0. The Labute approximate surface area is 127 Å². The first-order valence-electron chi connectivity index (χ1n) is 7.99. The number of aliphatic carboxylic acids is 1. The third-order valence-corrected chi connectivity index (χ3v) is 4.08. The number of nitrogens with one attached hydrogen (secondary N) is 1. The van der Waals surface area contributed by atoms with Gasteiger partial charge in [0.15, 0.2) is 0 Å². The number of hydrogen-bond donors (Lipinski definition) is 2. The van der Waals surface area contributed by atoms with Crippen molar-refractivity contribution in [2.45, 2.75) is 51.5 Å². The number of rotatable bonds is 9. The van der Waals surface area contributed by atoms with Gasteiger partial charge >= 0.3 is 12.0 Å². The Morgan fingerprint density at radius 1 is 1.33 bits per heavy atom. The number of carboxylic acids is 1. The van der Waals surface area contributed by atoms with Crippen molar-refractivity contribution >= 4 is 12.0 Å². The predicted octanol–water partition coefficient (Wildman–Crippen LogP) is 1.76. The zero-order valence-corrected chi connectivity index (χ0v) is 13.3. The molecule has 1 unspecified atom stereocenters. The number of likely N-dealkylation sites (tertiary alicyclic amines) is 1. The van der Waals surface area contributed by atoms with E-state index in [1.807, 2.05) is 7.05 Å². The average Bonchev–Trinajstić information content (AvgIpc) is 2.89. The van der Waals surface area contributed by atoms with Gasteiger partial charge in [0.05, 0.1) is 0 Å². The fourth-order valence-electron chi connectivity index (χ4n) is 2.83. The van der Waals surface area contributed by atoms with Crippen molar-refractivity contribution in [3.63, 3.8) is 0 Å². The minimum Gasteiger partial charge on any atom is -0.481 e. The third-order valence-electron chi connectivity index (χ3n) is 4.08. The van der Waals surface area contributed by atoms with Crippen LogP contribution in [0.25, 0.3) is 0 Å². The van der Waals surface area contributed by atoms with Crippen LogP contribution in [0, 0.1) is 0 Å². The van der Waals surface area contributed by atoms with E-state index in [2.05, 4.69) is 17.1 Å². The number of carbonyl (C=O) groups excluding carboxylic acids is 1. The van der Waals surface area contributed by atoms with Crippen molar-refractivity contribution in [3.05, 3.63) is 0 Å². The molecule has 122 valence electrons. The summed E-state index contributed by atoms with van der Waals surface area (Å²) in [5.41, 5.74) is 0. The zero-order chi connectivity index (χ0) is 15.7. The number of urea groups is 1. The maximum absolute atomic E-state index is 12.0. The number of amides is 2. The average molecular weight is 299 g/mol. The van der Waals surface area contributed by atoms with E-state index in [0.717, 1.165) is 32.5 Å². The molecule has 2 N–H and O–H groups in total. The first-order valence-corrected chi connectivity index (χ1v) is 7.99. The molecular formula is C15H29N3O3. The standard InChI is InChI=1S/C15H29N3O3/c1-3-18-11-7-8-13(18)12-17(2)15(21)16-10-6-4-5-9-14(19)20/h13H,3-12H2,1-2H3,(H,16,21)(H,19,20). The number of hydrogen-bond acceptors (Lipinski definition) is 3. The lowest BCUT2D eigenvalue weighted by Gasteiger charge is -2.27. The van der Waals surface area contributed by atoms with Crippen LogP contribution in [0.3, 0.4) is 0 Å².